The Labute approximate surface area is 215 Å². The topological polar surface area (TPSA) is 67.9 Å². The van der Waals surface area contributed by atoms with Gasteiger partial charge in [0.2, 0.25) is 0 Å². The van der Waals surface area contributed by atoms with E-state index in [2.05, 4.69) is 29.2 Å². The summed E-state index contributed by atoms with van der Waals surface area (Å²) in [7, 11) is 0. The number of benzene rings is 3. The van der Waals surface area contributed by atoms with Crippen molar-refractivity contribution in [1.82, 2.24) is 4.90 Å². The van der Waals surface area contributed by atoms with Gasteiger partial charge in [-0.25, -0.2) is 4.39 Å². The number of allylic oxidation sites excluding steroid dienone is 1. The molecule has 1 saturated carbocycles. The van der Waals surface area contributed by atoms with Crippen molar-refractivity contribution < 1.29 is 9.18 Å². The molecule has 180 valence electrons. The zero-order valence-corrected chi connectivity index (χ0v) is 20.1. The second-order valence-corrected chi connectivity index (χ2v) is 9.94. The number of carbonyl (C=O) groups excluding carboxylic acids is 1. The Bertz CT molecular complexity index is 1490. The number of ketones is 1. The van der Waals surface area contributed by atoms with E-state index in [-0.39, 0.29) is 41.0 Å². The maximum atomic E-state index is 14.2. The highest BCUT2D eigenvalue weighted by Gasteiger charge is 2.56. The number of nitriles is 2. The minimum atomic E-state index is -0.583. The fourth-order valence-corrected chi connectivity index (χ4v) is 6.28. The van der Waals surface area contributed by atoms with Gasteiger partial charge in [0.05, 0.1) is 12.1 Å². The van der Waals surface area contributed by atoms with Gasteiger partial charge < -0.3 is 4.90 Å². The van der Waals surface area contributed by atoms with Crippen LogP contribution in [0.5, 0.6) is 0 Å². The summed E-state index contributed by atoms with van der Waals surface area (Å²) in [5.74, 6) is -0.915. The van der Waals surface area contributed by atoms with Gasteiger partial charge in [0.15, 0.2) is 5.78 Å². The molecule has 0 aromatic heterocycles. The number of carbonyl (C=O) groups is 1. The lowest BCUT2D eigenvalue weighted by Crippen LogP contribution is -2.37. The second-order valence-electron chi connectivity index (χ2n) is 9.94. The van der Waals surface area contributed by atoms with Crippen molar-refractivity contribution >= 4 is 11.9 Å². The molecule has 37 heavy (non-hydrogen) atoms. The average Bonchev–Trinajstić information content (AvgIpc) is 3.72. The Balaban J connectivity index is 1.63. The third-order valence-electron chi connectivity index (χ3n) is 7.92. The van der Waals surface area contributed by atoms with Crippen LogP contribution in [-0.2, 0) is 0 Å². The normalized spacial score (nSPS) is 23.4. The quantitative estimate of drug-likeness (QED) is 0.303. The van der Waals surface area contributed by atoms with E-state index >= 15 is 0 Å². The van der Waals surface area contributed by atoms with E-state index < -0.39 is 6.04 Å². The van der Waals surface area contributed by atoms with E-state index in [1.54, 1.807) is 12.1 Å². The Morgan fingerprint density at radius 1 is 0.892 bits per heavy atom. The van der Waals surface area contributed by atoms with E-state index in [0.717, 1.165) is 35.1 Å². The minimum Gasteiger partial charge on any atom is -0.359 e. The van der Waals surface area contributed by atoms with Crippen LogP contribution < -0.4 is 0 Å². The van der Waals surface area contributed by atoms with E-state index in [1.165, 1.54) is 12.1 Å². The molecular formula is C32H24FN3O. The Hall–Kier alpha value is -4.48. The van der Waals surface area contributed by atoms with Gasteiger partial charge in [0.1, 0.15) is 23.5 Å². The van der Waals surface area contributed by atoms with Crippen LogP contribution in [-0.4, -0.2) is 16.7 Å². The molecule has 0 spiro atoms. The van der Waals surface area contributed by atoms with E-state index in [0.29, 0.717) is 5.56 Å². The average molecular weight is 486 g/mol. The third kappa shape index (κ3) is 3.85. The van der Waals surface area contributed by atoms with Crippen molar-refractivity contribution in [3.63, 3.8) is 0 Å². The lowest BCUT2D eigenvalue weighted by molar-refractivity contribution is 0.0874. The molecule has 1 saturated heterocycles. The smallest absolute Gasteiger partial charge is 0.185 e. The largest absolute Gasteiger partial charge is 0.359 e. The molecule has 5 heteroatoms. The highest BCUT2D eigenvalue weighted by molar-refractivity contribution is 6.01. The Morgan fingerprint density at radius 3 is 2.24 bits per heavy atom. The molecule has 0 unspecified atom stereocenters. The molecule has 3 aliphatic rings. The van der Waals surface area contributed by atoms with Gasteiger partial charge in [0.25, 0.3) is 0 Å². The lowest BCUT2D eigenvalue weighted by Gasteiger charge is -2.35. The molecular weight excluding hydrogens is 461 g/mol. The first-order valence-corrected chi connectivity index (χ1v) is 12.6. The van der Waals surface area contributed by atoms with Crippen LogP contribution in [0.2, 0.25) is 0 Å². The van der Waals surface area contributed by atoms with Gasteiger partial charge in [-0.15, -0.1) is 0 Å². The Morgan fingerprint density at radius 2 is 1.57 bits per heavy atom. The molecule has 2 aliphatic heterocycles. The lowest BCUT2D eigenvalue weighted by atomic mass is 9.72. The van der Waals surface area contributed by atoms with Crippen LogP contribution in [0.3, 0.4) is 0 Å². The number of hydrogen-bond acceptors (Lipinski definition) is 4. The highest BCUT2D eigenvalue weighted by atomic mass is 19.1. The summed E-state index contributed by atoms with van der Waals surface area (Å²) < 4.78 is 14.0. The first-order valence-electron chi connectivity index (χ1n) is 12.6. The van der Waals surface area contributed by atoms with Gasteiger partial charge in [-0.3, -0.25) is 4.79 Å². The van der Waals surface area contributed by atoms with E-state index in [1.807, 2.05) is 54.7 Å². The van der Waals surface area contributed by atoms with Crippen molar-refractivity contribution in [2.45, 2.75) is 30.8 Å². The van der Waals surface area contributed by atoms with Crippen LogP contribution in [0, 0.1) is 40.3 Å². The van der Waals surface area contributed by atoms with Gasteiger partial charge in [-0.05, 0) is 59.2 Å². The van der Waals surface area contributed by atoms with E-state index in [4.69, 9.17) is 0 Å². The maximum absolute atomic E-state index is 14.2. The monoisotopic (exact) mass is 485 g/mol. The van der Waals surface area contributed by atoms with Crippen LogP contribution in [0.4, 0.5) is 4.39 Å². The zero-order chi connectivity index (χ0) is 25.5. The predicted molar refractivity (Wildman–Crippen MR) is 138 cm³/mol. The van der Waals surface area contributed by atoms with Gasteiger partial charge in [-0.2, -0.15) is 10.5 Å². The number of halogens is 1. The van der Waals surface area contributed by atoms with Crippen molar-refractivity contribution in [2.24, 2.45) is 11.8 Å². The van der Waals surface area contributed by atoms with Crippen molar-refractivity contribution in [2.75, 3.05) is 0 Å². The summed E-state index contributed by atoms with van der Waals surface area (Å²) in [5.41, 5.74) is 4.53. The Kier molecular flexibility index (Phi) is 5.70. The summed E-state index contributed by atoms with van der Waals surface area (Å²) >= 11 is 0. The zero-order valence-electron chi connectivity index (χ0n) is 20.1. The molecule has 6 rings (SSSR count). The van der Waals surface area contributed by atoms with Crippen LogP contribution in [0.25, 0.3) is 6.08 Å². The predicted octanol–water partition coefficient (Wildman–Crippen LogP) is 6.57. The number of rotatable bonds is 5. The summed E-state index contributed by atoms with van der Waals surface area (Å²) in [5, 5.41) is 20.0. The van der Waals surface area contributed by atoms with Gasteiger partial charge in [-0.1, -0.05) is 66.7 Å². The fourth-order valence-electron chi connectivity index (χ4n) is 6.28. The number of hydrogen-bond donors (Lipinski definition) is 0. The fraction of sp³-hybridized carbons (Fsp3) is 0.219. The highest BCUT2D eigenvalue weighted by Crippen LogP contribution is 2.59. The molecule has 4 atom stereocenters. The molecule has 0 amide bonds. The standard InChI is InChI=1S/C32H24FN3O/c33-25-14-12-22(13-15-25)28-29(27(21-10-11-21)24(18-34)19-35)30-26-9-5-4-6-20(26)16-17-36(30)31(28)32(37)23-7-2-1-3-8-23/h1-9,12-17,21,28-31H,10-11H2/t28-,29+,30-,31+/m1/s1. The SMILES string of the molecule is N#CC(C#N)=C(C1CC1)[C@H]1[C@@H](c2ccc(F)cc2)[C@@H](C(=O)c2ccccc2)N2C=Cc3ccccc3[C@H]12. The maximum Gasteiger partial charge on any atom is 0.185 e. The molecule has 0 radical (unpaired) electrons. The number of Topliss-reactive ketones (excluding diaryl/α,β-unsaturated/α-hetero) is 1. The molecule has 4 nitrogen and oxygen atoms in total. The van der Waals surface area contributed by atoms with Crippen LogP contribution in [0.15, 0.2) is 96.2 Å². The van der Waals surface area contributed by atoms with Crippen molar-refractivity contribution in [3.8, 4) is 12.1 Å². The molecule has 3 aromatic carbocycles. The third-order valence-corrected chi connectivity index (χ3v) is 7.92. The molecule has 1 aliphatic carbocycles. The van der Waals surface area contributed by atoms with Crippen LogP contribution in [0.1, 0.15) is 51.8 Å². The summed E-state index contributed by atoms with van der Waals surface area (Å²) in [4.78, 5) is 16.3. The van der Waals surface area contributed by atoms with Crippen molar-refractivity contribution in [1.29, 1.82) is 10.5 Å². The molecule has 2 fully saturated rings. The second kappa shape index (κ2) is 9.19. The first-order chi connectivity index (χ1) is 18.1. The summed E-state index contributed by atoms with van der Waals surface area (Å²) in [6.45, 7) is 0. The minimum absolute atomic E-state index is 0.0305. The van der Waals surface area contributed by atoms with Gasteiger partial charge in [0, 0.05) is 23.6 Å². The van der Waals surface area contributed by atoms with Crippen LogP contribution >= 0.6 is 0 Å². The number of fused-ring (bicyclic) bond motifs is 3. The molecule has 0 bridgehead atoms. The van der Waals surface area contributed by atoms with E-state index in [9.17, 15) is 19.7 Å². The molecule has 0 N–H and O–H groups in total. The number of nitrogens with zero attached hydrogens (tertiary/aromatic N) is 3. The van der Waals surface area contributed by atoms with Gasteiger partial charge >= 0.3 is 0 Å². The summed E-state index contributed by atoms with van der Waals surface area (Å²) in [6.07, 6.45) is 5.84. The van der Waals surface area contributed by atoms with Crippen molar-refractivity contribution in [3.05, 3.63) is 124 Å². The first kappa shape index (κ1) is 23.0. The summed E-state index contributed by atoms with van der Waals surface area (Å²) in [6, 6.07) is 27.2. The molecule has 3 aromatic rings. The molecule has 2 heterocycles.